The van der Waals surface area contributed by atoms with Gasteiger partial charge in [0, 0.05) is 36.7 Å². The van der Waals surface area contributed by atoms with Crippen molar-refractivity contribution in [1.29, 1.82) is 0 Å². The minimum Gasteiger partial charge on any atom is -0.334 e. The van der Waals surface area contributed by atoms with Crippen molar-refractivity contribution >= 4 is 6.03 Å². The van der Waals surface area contributed by atoms with E-state index in [0.29, 0.717) is 24.5 Å². The largest absolute Gasteiger partial charge is 0.334 e. The number of rotatable bonds is 6. The Morgan fingerprint density at radius 2 is 2.21 bits per heavy atom. The van der Waals surface area contributed by atoms with Crippen LogP contribution in [0.25, 0.3) is 5.69 Å². The van der Waals surface area contributed by atoms with E-state index in [0.717, 1.165) is 24.1 Å². The maximum atomic E-state index is 12.7. The second-order valence-corrected chi connectivity index (χ2v) is 7.02. The number of nitrogens with one attached hydrogen (secondary N) is 1. The lowest BCUT2D eigenvalue weighted by atomic mass is 10.2. The zero-order chi connectivity index (χ0) is 16.5. The van der Waals surface area contributed by atoms with Crippen LogP contribution < -0.4 is 5.32 Å². The molecule has 1 aromatic carbocycles. The molecule has 0 spiro atoms. The van der Waals surface area contributed by atoms with Gasteiger partial charge in [-0.25, -0.2) is 9.78 Å². The third kappa shape index (κ3) is 3.30. The summed E-state index contributed by atoms with van der Waals surface area (Å²) in [5.74, 6) is 0.709. The van der Waals surface area contributed by atoms with Gasteiger partial charge < -0.3 is 14.8 Å². The predicted molar refractivity (Wildman–Crippen MR) is 92.8 cm³/mol. The molecule has 2 aromatic rings. The van der Waals surface area contributed by atoms with Crippen molar-refractivity contribution in [2.24, 2.45) is 5.92 Å². The van der Waals surface area contributed by atoms with Crippen LogP contribution in [0.2, 0.25) is 0 Å². The number of imidazole rings is 1. The van der Waals surface area contributed by atoms with E-state index in [-0.39, 0.29) is 6.03 Å². The van der Waals surface area contributed by atoms with Crippen LogP contribution in [-0.2, 0) is 6.54 Å². The van der Waals surface area contributed by atoms with Gasteiger partial charge in [-0.1, -0.05) is 12.1 Å². The third-order valence-corrected chi connectivity index (χ3v) is 5.07. The first-order chi connectivity index (χ1) is 11.7. The Labute approximate surface area is 142 Å². The Kier molecular flexibility index (Phi) is 4.00. The van der Waals surface area contributed by atoms with Gasteiger partial charge in [-0.15, -0.1) is 0 Å². The van der Waals surface area contributed by atoms with Crippen molar-refractivity contribution in [3.63, 3.8) is 0 Å². The fraction of sp³-hybridized carbons (Fsp3) is 0.474. The lowest BCUT2D eigenvalue weighted by Gasteiger charge is -2.29. The van der Waals surface area contributed by atoms with Crippen LogP contribution in [0.5, 0.6) is 0 Å². The second kappa shape index (κ2) is 6.30. The minimum absolute atomic E-state index is 0.0879. The molecular formula is C19H24N4O. The first-order valence-electron chi connectivity index (χ1n) is 8.86. The van der Waals surface area contributed by atoms with Crippen molar-refractivity contribution in [3.05, 3.63) is 48.5 Å². The first kappa shape index (κ1) is 15.2. The molecule has 2 amide bonds. The minimum atomic E-state index is 0.0879. The average molecular weight is 324 g/mol. The molecule has 2 fully saturated rings. The molecule has 1 N–H and O–H groups in total. The highest BCUT2D eigenvalue weighted by atomic mass is 16.2. The van der Waals surface area contributed by atoms with E-state index in [9.17, 15) is 4.79 Å². The van der Waals surface area contributed by atoms with Crippen molar-refractivity contribution < 1.29 is 4.79 Å². The quantitative estimate of drug-likeness (QED) is 0.886. The summed E-state index contributed by atoms with van der Waals surface area (Å²) in [6.07, 6.45) is 10.3. The molecule has 0 radical (unpaired) electrons. The standard InChI is InChI=1S/C19H24N4O/c1-14(16-5-6-16)23(17-7-8-17)19(24)21-12-15-3-2-4-18(11-15)22-10-9-20-13-22/h2-4,9-11,13-14,16-17H,5-8,12H2,1H3,(H,21,24). The first-order valence-corrected chi connectivity index (χ1v) is 8.86. The van der Waals surface area contributed by atoms with Crippen molar-refractivity contribution in [3.8, 4) is 5.69 Å². The Bertz CT molecular complexity index is 704. The molecule has 24 heavy (non-hydrogen) atoms. The Balaban J connectivity index is 1.40. The predicted octanol–water partition coefficient (Wildman–Crippen LogP) is 3.34. The smallest absolute Gasteiger partial charge is 0.318 e. The van der Waals surface area contributed by atoms with Crippen molar-refractivity contribution in [2.75, 3.05) is 0 Å². The number of carbonyl (C=O) groups excluding carboxylic acids is 1. The van der Waals surface area contributed by atoms with Gasteiger partial charge in [0.05, 0.1) is 6.33 Å². The van der Waals surface area contributed by atoms with Crippen LogP contribution >= 0.6 is 0 Å². The summed E-state index contributed by atoms with van der Waals surface area (Å²) in [5.41, 5.74) is 2.16. The lowest BCUT2D eigenvalue weighted by molar-refractivity contribution is 0.166. The van der Waals surface area contributed by atoms with Crippen LogP contribution in [0.4, 0.5) is 4.79 Å². The number of hydrogen-bond acceptors (Lipinski definition) is 2. The average Bonchev–Trinajstić information content (AvgIpc) is 3.53. The number of aromatic nitrogens is 2. The maximum absolute atomic E-state index is 12.7. The van der Waals surface area contributed by atoms with Gasteiger partial charge in [0.15, 0.2) is 0 Å². The van der Waals surface area contributed by atoms with Crippen LogP contribution in [0, 0.1) is 5.92 Å². The van der Waals surface area contributed by atoms with Crippen LogP contribution in [0.3, 0.4) is 0 Å². The second-order valence-electron chi connectivity index (χ2n) is 7.02. The molecule has 0 saturated heterocycles. The monoisotopic (exact) mass is 324 g/mol. The number of nitrogens with zero attached hydrogens (tertiary/aromatic N) is 3. The maximum Gasteiger partial charge on any atom is 0.318 e. The summed E-state index contributed by atoms with van der Waals surface area (Å²) in [5, 5.41) is 3.12. The number of benzene rings is 1. The van der Waals surface area contributed by atoms with E-state index in [1.54, 1.807) is 12.5 Å². The number of urea groups is 1. The van der Waals surface area contributed by atoms with Crippen LogP contribution in [0.15, 0.2) is 43.0 Å². The van der Waals surface area contributed by atoms with E-state index < -0.39 is 0 Å². The van der Waals surface area contributed by atoms with E-state index in [4.69, 9.17) is 0 Å². The fourth-order valence-electron chi connectivity index (χ4n) is 3.35. The molecular weight excluding hydrogens is 300 g/mol. The number of amides is 2. The molecule has 2 aliphatic rings. The summed E-state index contributed by atoms with van der Waals surface area (Å²) < 4.78 is 1.97. The Morgan fingerprint density at radius 3 is 2.88 bits per heavy atom. The van der Waals surface area contributed by atoms with Crippen molar-refractivity contribution in [1.82, 2.24) is 19.8 Å². The normalized spacial score (nSPS) is 18.2. The molecule has 1 heterocycles. The Morgan fingerprint density at radius 1 is 1.38 bits per heavy atom. The number of hydrogen-bond donors (Lipinski definition) is 1. The molecule has 4 rings (SSSR count). The molecule has 1 unspecified atom stereocenters. The SMILES string of the molecule is CC(C1CC1)N(C(=O)NCc1cccc(-n2ccnc2)c1)C1CC1. The van der Waals surface area contributed by atoms with Gasteiger partial charge in [-0.05, 0) is 56.2 Å². The topological polar surface area (TPSA) is 50.2 Å². The van der Waals surface area contributed by atoms with Gasteiger partial charge in [-0.2, -0.15) is 0 Å². The highest BCUT2D eigenvalue weighted by Crippen LogP contribution is 2.39. The summed E-state index contributed by atoms with van der Waals surface area (Å²) in [6.45, 7) is 2.76. The summed E-state index contributed by atoms with van der Waals surface area (Å²) in [6, 6.07) is 9.11. The van der Waals surface area contributed by atoms with E-state index >= 15 is 0 Å². The molecule has 5 heteroatoms. The summed E-state index contributed by atoms with van der Waals surface area (Å²) in [7, 11) is 0. The summed E-state index contributed by atoms with van der Waals surface area (Å²) in [4.78, 5) is 18.9. The zero-order valence-electron chi connectivity index (χ0n) is 14.1. The molecule has 1 atom stereocenters. The molecule has 5 nitrogen and oxygen atoms in total. The molecule has 0 aliphatic heterocycles. The molecule has 2 aliphatic carbocycles. The third-order valence-electron chi connectivity index (χ3n) is 5.07. The molecule has 126 valence electrons. The van der Waals surface area contributed by atoms with Crippen molar-refractivity contribution in [2.45, 2.75) is 51.2 Å². The van der Waals surface area contributed by atoms with Gasteiger partial charge in [-0.3, -0.25) is 0 Å². The van der Waals surface area contributed by atoms with Gasteiger partial charge in [0.1, 0.15) is 0 Å². The molecule has 0 bridgehead atoms. The van der Waals surface area contributed by atoms with Crippen LogP contribution in [0.1, 0.15) is 38.2 Å². The summed E-state index contributed by atoms with van der Waals surface area (Å²) >= 11 is 0. The molecule has 2 saturated carbocycles. The van der Waals surface area contributed by atoms with Crippen LogP contribution in [-0.4, -0.2) is 32.6 Å². The number of carbonyl (C=O) groups is 1. The van der Waals surface area contributed by atoms with Gasteiger partial charge in [0.25, 0.3) is 0 Å². The van der Waals surface area contributed by atoms with E-state index in [1.807, 2.05) is 29.0 Å². The van der Waals surface area contributed by atoms with E-state index in [2.05, 4.69) is 28.2 Å². The van der Waals surface area contributed by atoms with E-state index in [1.165, 1.54) is 12.8 Å². The lowest BCUT2D eigenvalue weighted by Crippen LogP contribution is -2.47. The van der Waals surface area contributed by atoms with Gasteiger partial charge in [0.2, 0.25) is 0 Å². The fourth-order valence-corrected chi connectivity index (χ4v) is 3.35. The highest BCUT2D eigenvalue weighted by molar-refractivity contribution is 5.75. The Hall–Kier alpha value is -2.30. The van der Waals surface area contributed by atoms with Gasteiger partial charge >= 0.3 is 6.03 Å². The molecule has 1 aromatic heterocycles. The highest BCUT2D eigenvalue weighted by Gasteiger charge is 2.41. The zero-order valence-corrected chi connectivity index (χ0v) is 14.1.